The van der Waals surface area contributed by atoms with Crippen molar-refractivity contribution in [2.45, 2.75) is 25.0 Å². The van der Waals surface area contributed by atoms with Crippen molar-refractivity contribution >= 4 is 32.8 Å². The van der Waals surface area contributed by atoms with Gasteiger partial charge < -0.3 is 14.1 Å². The molecular weight excluding hydrogens is 422 g/mol. The fourth-order valence-electron chi connectivity index (χ4n) is 4.17. The van der Waals surface area contributed by atoms with Gasteiger partial charge >= 0.3 is 0 Å². The van der Waals surface area contributed by atoms with Crippen molar-refractivity contribution in [2.75, 3.05) is 13.2 Å². The van der Waals surface area contributed by atoms with Gasteiger partial charge in [0.2, 0.25) is 5.76 Å². The second-order valence-electron chi connectivity index (χ2n) is 7.22. The van der Waals surface area contributed by atoms with Crippen LogP contribution in [0.15, 0.2) is 62.2 Å². The zero-order valence-corrected chi connectivity index (χ0v) is 16.6. The van der Waals surface area contributed by atoms with E-state index in [2.05, 4.69) is 15.9 Å². The Morgan fingerprint density at radius 1 is 1.11 bits per heavy atom. The predicted octanol–water partition coefficient (Wildman–Crippen LogP) is 4.28. The van der Waals surface area contributed by atoms with Crippen LogP contribution >= 0.6 is 15.9 Å². The summed E-state index contributed by atoms with van der Waals surface area (Å²) in [6.45, 7) is 1.16. The molecule has 5 rings (SSSR count). The molecule has 2 aromatic carbocycles. The lowest BCUT2D eigenvalue weighted by Crippen LogP contribution is -2.36. The first-order valence-electron chi connectivity index (χ1n) is 9.37. The summed E-state index contributed by atoms with van der Waals surface area (Å²) in [6, 6.07) is 14.4. The predicted molar refractivity (Wildman–Crippen MR) is 108 cm³/mol. The topological polar surface area (TPSA) is 59.8 Å². The Labute approximate surface area is 170 Å². The summed E-state index contributed by atoms with van der Waals surface area (Å²) in [5.41, 5.74) is 1.58. The summed E-state index contributed by atoms with van der Waals surface area (Å²) >= 11 is 3.41. The van der Waals surface area contributed by atoms with E-state index in [4.69, 9.17) is 9.15 Å². The molecule has 3 aromatic rings. The molecule has 28 heavy (non-hydrogen) atoms. The third-order valence-electron chi connectivity index (χ3n) is 5.47. The summed E-state index contributed by atoms with van der Waals surface area (Å²) < 4.78 is 12.5. The number of hydrogen-bond acceptors (Lipinski definition) is 4. The Hall–Kier alpha value is -2.44. The third-order valence-corrected chi connectivity index (χ3v) is 5.96. The fraction of sp³-hybridized carbons (Fsp3) is 0.273. The number of carbonyl (C=O) groups excluding carboxylic acids is 1. The molecule has 1 aromatic heterocycles. The molecule has 2 aliphatic heterocycles. The molecule has 0 bridgehead atoms. The molecule has 2 aliphatic rings. The standard InChI is InChI=1S/C22H18BrNO4/c23-14-8-9-17-16(11-14)20(25)18-19(13-5-2-1-3-6-13)24(22(26)21(18)28-17)12-15-7-4-10-27-15/h1-3,5-6,8-9,11,15,19H,4,7,10,12H2/t15-,19+/m1/s1. The zero-order chi connectivity index (χ0) is 19.3. The SMILES string of the molecule is O=C1c2oc3ccc(Br)cc3c(=O)c2[C@H](c2ccccc2)N1C[C@H]1CCCO1. The van der Waals surface area contributed by atoms with Crippen LogP contribution in [0.1, 0.15) is 40.6 Å². The zero-order valence-electron chi connectivity index (χ0n) is 15.1. The first kappa shape index (κ1) is 17.6. The minimum absolute atomic E-state index is 0.0110. The molecule has 0 radical (unpaired) electrons. The number of ether oxygens (including phenoxy) is 1. The van der Waals surface area contributed by atoms with Crippen LogP contribution in [-0.2, 0) is 4.74 Å². The molecule has 6 heteroatoms. The van der Waals surface area contributed by atoms with Gasteiger partial charge in [0.05, 0.1) is 23.1 Å². The van der Waals surface area contributed by atoms with Gasteiger partial charge in [-0.25, -0.2) is 0 Å². The molecule has 1 fully saturated rings. The molecule has 2 atom stereocenters. The Kier molecular flexibility index (Phi) is 4.33. The van der Waals surface area contributed by atoms with Crippen LogP contribution in [0.25, 0.3) is 11.0 Å². The van der Waals surface area contributed by atoms with Gasteiger partial charge in [-0.1, -0.05) is 46.3 Å². The van der Waals surface area contributed by atoms with Crippen LogP contribution in [0.2, 0.25) is 0 Å². The molecule has 0 N–H and O–H groups in total. The van der Waals surface area contributed by atoms with E-state index in [0.29, 0.717) is 29.7 Å². The summed E-state index contributed by atoms with van der Waals surface area (Å²) in [6.07, 6.45) is 1.89. The highest BCUT2D eigenvalue weighted by atomic mass is 79.9. The van der Waals surface area contributed by atoms with Gasteiger partial charge in [0.15, 0.2) is 5.43 Å². The highest BCUT2D eigenvalue weighted by Crippen LogP contribution is 2.39. The Balaban J connectivity index is 1.71. The number of carbonyl (C=O) groups is 1. The largest absolute Gasteiger partial charge is 0.450 e. The molecule has 0 unspecified atom stereocenters. The molecule has 142 valence electrons. The minimum Gasteiger partial charge on any atom is -0.450 e. The molecule has 0 aliphatic carbocycles. The van der Waals surface area contributed by atoms with E-state index >= 15 is 0 Å². The van der Waals surface area contributed by atoms with Crippen molar-refractivity contribution in [3.05, 3.63) is 80.1 Å². The quantitative estimate of drug-likeness (QED) is 0.610. The van der Waals surface area contributed by atoms with Crippen LogP contribution in [-0.4, -0.2) is 30.1 Å². The molecule has 3 heterocycles. The van der Waals surface area contributed by atoms with Crippen LogP contribution in [0.5, 0.6) is 0 Å². The van der Waals surface area contributed by atoms with Crippen molar-refractivity contribution in [3.63, 3.8) is 0 Å². The van der Waals surface area contributed by atoms with Crippen molar-refractivity contribution in [3.8, 4) is 0 Å². The monoisotopic (exact) mass is 439 g/mol. The van der Waals surface area contributed by atoms with Gasteiger partial charge in [0, 0.05) is 17.6 Å². The van der Waals surface area contributed by atoms with Crippen molar-refractivity contribution in [1.82, 2.24) is 4.90 Å². The number of amides is 1. The summed E-state index contributed by atoms with van der Waals surface area (Å²) in [4.78, 5) is 28.4. The second kappa shape index (κ2) is 6.87. The van der Waals surface area contributed by atoms with Crippen LogP contribution < -0.4 is 5.43 Å². The number of hydrogen-bond donors (Lipinski definition) is 0. The molecule has 0 saturated carbocycles. The Bertz CT molecular complexity index is 1120. The maximum Gasteiger partial charge on any atom is 0.291 e. The number of fused-ring (bicyclic) bond motifs is 2. The van der Waals surface area contributed by atoms with Crippen LogP contribution in [0, 0.1) is 0 Å². The van der Waals surface area contributed by atoms with Gasteiger partial charge in [-0.3, -0.25) is 9.59 Å². The van der Waals surface area contributed by atoms with Crippen molar-refractivity contribution in [2.24, 2.45) is 0 Å². The van der Waals surface area contributed by atoms with Gasteiger partial charge in [-0.15, -0.1) is 0 Å². The first-order chi connectivity index (χ1) is 13.6. The molecule has 1 saturated heterocycles. The van der Waals surface area contributed by atoms with E-state index in [9.17, 15) is 9.59 Å². The summed E-state index contributed by atoms with van der Waals surface area (Å²) in [5.74, 6) is -0.104. The highest BCUT2D eigenvalue weighted by molar-refractivity contribution is 9.10. The van der Waals surface area contributed by atoms with E-state index in [0.717, 1.165) is 22.9 Å². The number of halogens is 1. The summed E-state index contributed by atoms with van der Waals surface area (Å²) in [7, 11) is 0. The lowest BCUT2D eigenvalue weighted by molar-refractivity contribution is 0.0486. The Morgan fingerprint density at radius 2 is 1.93 bits per heavy atom. The van der Waals surface area contributed by atoms with E-state index in [-0.39, 0.29) is 23.2 Å². The molecule has 1 amide bonds. The number of rotatable bonds is 3. The van der Waals surface area contributed by atoms with Gasteiger partial charge in [0.25, 0.3) is 5.91 Å². The molecule has 0 spiro atoms. The number of nitrogens with zero attached hydrogens (tertiary/aromatic N) is 1. The average Bonchev–Trinajstić information content (AvgIpc) is 3.31. The Morgan fingerprint density at radius 3 is 2.68 bits per heavy atom. The number of benzene rings is 2. The fourth-order valence-corrected chi connectivity index (χ4v) is 4.53. The third kappa shape index (κ3) is 2.79. The van der Waals surface area contributed by atoms with E-state index in [1.54, 1.807) is 23.1 Å². The summed E-state index contributed by atoms with van der Waals surface area (Å²) in [5, 5.41) is 0.473. The van der Waals surface area contributed by atoms with Crippen molar-refractivity contribution < 1.29 is 13.9 Å². The molecule has 5 nitrogen and oxygen atoms in total. The van der Waals surface area contributed by atoms with Gasteiger partial charge in [-0.05, 0) is 36.6 Å². The maximum atomic E-state index is 13.4. The lowest BCUT2D eigenvalue weighted by Gasteiger charge is -2.27. The molecular formula is C22H18BrNO4. The minimum atomic E-state index is -0.465. The maximum absolute atomic E-state index is 13.4. The van der Waals surface area contributed by atoms with Gasteiger partial charge in [0.1, 0.15) is 5.58 Å². The van der Waals surface area contributed by atoms with Crippen molar-refractivity contribution in [1.29, 1.82) is 0 Å². The first-order valence-corrected chi connectivity index (χ1v) is 10.2. The normalized spacial score (nSPS) is 21.5. The highest BCUT2D eigenvalue weighted by Gasteiger charge is 2.43. The van der Waals surface area contributed by atoms with Crippen LogP contribution in [0.3, 0.4) is 0 Å². The van der Waals surface area contributed by atoms with E-state index in [1.807, 2.05) is 30.3 Å². The average molecular weight is 440 g/mol. The van der Waals surface area contributed by atoms with E-state index in [1.165, 1.54) is 0 Å². The second-order valence-corrected chi connectivity index (χ2v) is 8.14. The van der Waals surface area contributed by atoms with E-state index < -0.39 is 6.04 Å². The lowest BCUT2D eigenvalue weighted by atomic mass is 9.98. The smallest absolute Gasteiger partial charge is 0.291 e. The van der Waals surface area contributed by atoms with Gasteiger partial charge in [-0.2, -0.15) is 0 Å². The van der Waals surface area contributed by atoms with Crippen LogP contribution in [0.4, 0.5) is 0 Å².